The number of aromatic nitrogens is 1. The lowest BCUT2D eigenvalue weighted by Crippen LogP contribution is -2.10. The first-order chi connectivity index (χ1) is 6.61. The number of hydrogen-bond acceptors (Lipinski definition) is 3. The summed E-state index contributed by atoms with van der Waals surface area (Å²) in [5, 5.41) is 9.01. The number of pyridine rings is 1. The Morgan fingerprint density at radius 1 is 1.50 bits per heavy atom. The fraction of sp³-hybridized carbons (Fsp3) is 0.444. The van der Waals surface area contributed by atoms with Crippen LogP contribution >= 0.6 is 0 Å². The molecule has 0 unspecified atom stereocenters. The SMILES string of the molecule is Cc1cnc(C(F)F)c(CN)c1CO. The van der Waals surface area contributed by atoms with Crippen LogP contribution in [-0.2, 0) is 13.2 Å². The number of aliphatic hydroxyl groups excluding tert-OH is 1. The second-order valence-corrected chi connectivity index (χ2v) is 2.95. The minimum Gasteiger partial charge on any atom is -0.392 e. The summed E-state index contributed by atoms with van der Waals surface area (Å²) in [6.45, 7) is 1.37. The molecule has 0 saturated heterocycles. The van der Waals surface area contributed by atoms with Crippen molar-refractivity contribution in [1.29, 1.82) is 0 Å². The highest BCUT2D eigenvalue weighted by molar-refractivity contribution is 5.35. The van der Waals surface area contributed by atoms with Crippen molar-refractivity contribution in [3.05, 3.63) is 28.6 Å². The molecule has 3 N–H and O–H groups in total. The lowest BCUT2D eigenvalue weighted by Gasteiger charge is -2.12. The minimum absolute atomic E-state index is 0.0375. The van der Waals surface area contributed by atoms with E-state index >= 15 is 0 Å². The average molecular weight is 202 g/mol. The molecule has 0 bridgehead atoms. The third-order valence-electron chi connectivity index (χ3n) is 2.12. The van der Waals surface area contributed by atoms with E-state index in [0.29, 0.717) is 11.1 Å². The van der Waals surface area contributed by atoms with Crippen LogP contribution in [0.15, 0.2) is 6.20 Å². The summed E-state index contributed by atoms with van der Waals surface area (Å²) in [7, 11) is 0. The summed E-state index contributed by atoms with van der Waals surface area (Å²) < 4.78 is 24.9. The highest BCUT2D eigenvalue weighted by atomic mass is 19.3. The zero-order valence-electron chi connectivity index (χ0n) is 7.80. The summed E-state index contributed by atoms with van der Waals surface area (Å²) >= 11 is 0. The molecule has 3 nitrogen and oxygen atoms in total. The van der Waals surface area contributed by atoms with E-state index < -0.39 is 6.43 Å². The van der Waals surface area contributed by atoms with Crippen LogP contribution in [0.2, 0.25) is 0 Å². The van der Waals surface area contributed by atoms with Crippen molar-refractivity contribution >= 4 is 0 Å². The van der Waals surface area contributed by atoms with Crippen molar-refractivity contribution in [2.24, 2.45) is 5.73 Å². The van der Waals surface area contributed by atoms with Crippen molar-refractivity contribution in [1.82, 2.24) is 4.98 Å². The van der Waals surface area contributed by atoms with Crippen LogP contribution in [0.1, 0.15) is 28.8 Å². The molecule has 0 fully saturated rings. The van der Waals surface area contributed by atoms with Gasteiger partial charge in [-0.1, -0.05) is 0 Å². The van der Waals surface area contributed by atoms with Crippen LogP contribution in [0.5, 0.6) is 0 Å². The number of alkyl halides is 2. The molecule has 0 radical (unpaired) electrons. The smallest absolute Gasteiger partial charge is 0.280 e. The first-order valence-electron chi connectivity index (χ1n) is 4.18. The Bertz CT molecular complexity index is 329. The van der Waals surface area contributed by atoms with Gasteiger partial charge in [-0.05, 0) is 23.6 Å². The van der Waals surface area contributed by atoms with Crippen LogP contribution < -0.4 is 5.73 Å². The maximum atomic E-state index is 12.5. The third kappa shape index (κ3) is 1.88. The maximum Gasteiger partial charge on any atom is 0.280 e. The van der Waals surface area contributed by atoms with E-state index in [0.717, 1.165) is 0 Å². The largest absolute Gasteiger partial charge is 0.392 e. The van der Waals surface area contributed by atoms with Gasteiger partial charge < -0.3 is 10.8 Å². The topological polar surface area (TPSA) is 59.1 Å². The second-order valence-electron chi connectivity index (χ2n) is 2.95. The van der Waals surface area contributed by atoms with E-state index in [-0.39, 0.29) is 24.4 Å². The second kappa shape index (κ2) is 4.43. The van der Waals surface area contributed by atoms with Gasteiger partial charge in [-0.3, -0.25) is 4.98 Å². The summed E-state index contributed by atoms with van der Waals surface area (Å²) in [5.74, 6) is 0. The van der Waals surface area contributed by atoms with Gasteiger partial charge in [0.2, 0.25) is 0 Å². The van der Waals surface area contributed by atoms with Gasteiger partial charge in [-0.25, -0.2) is 8.78 Å². The molecule has 1 heterocycles. The fourth-order valence-electron chi connectivity index (χ4n) is 1.35. The molecular formula is C9H12F2N2O. The summed E-state index contributed by atoms with van der Waals surface area (Å²) in [6, 6.07) is 0. The summed E-state index contributed by atoms with van der Waals surface area (Å²) in [6.07, 6.45) is -1.33. The molecular weight excluding hydrogens is 190 g/mol. The molecule has 5 heteroatoms. The van der Waals surface area contributed by atoms with E-state index in [1.165, 1.54) is 6.20 Å². The average Bonchev–Trinajstić information content (AvgIpc) is 2.16. The minimum atomic E-state index is -2.65. The Morgan fingerprint density at radius 3 is 2.57 bits per heavy atom. The molecule has 1 rings (SSSR count). The monoisotopic (exact) mass is 202 g/mol. The lowest BCUT2D eigenvalue weighted by atomic mass is 10.0. The van der Waals surface area contributed by atoms with Gasteiger partial charge in [0, 0.05) is 12.7 Å². The molecule has 1 aromatic heterocycles. The highest BCUT2D eigenvalue weighted by Gasteiger charge is 2.17. The summed E-state index contributed by atoms with van der Waals surface area (Å²) in [5.41, 5.74) is 6.40. The molecule has 0 aliphatic carbocycles. The normalized spacial score (nSPS) is 11.0. The van der Waals surface area contributed by atoms with E-state index in [4.69, 9.17) is 10.8 Å². The van der Waals surface area contributed by atoms with E-state index in [1.54, 1.807) is 6.92 Å². The van der Waals surface area contributed by atoms with Gasteiger partial charge in [0.15, 0.2) is 0 Å². The van der Waals surface area contributed by atoms with Gasteiger partial charge in [-0.2, -0.15) is 0 Å². The Morgan fingerprint density at radius 2 is 2.14 bits per heavy atom. The number of halogens is 2. The number of aliphatic hydroxyl groups is 1. The third-order valence-corrected chi connectivity index (χ3v) is 2.12. The first-order valence-corrected chi connectivity index (χ1v) is 4.18. The number of hydrogen-bond donors (Lipinski definition) is 2. The quantitative estimate of drug-likeness (QED) is 0.776. The molecule has 14 heavy (non-hydrogen) atoms. The fourth-order valence-corrected chi connectivity index (χ4v) is 1.35. The van der Waals surface area contributed by atoms with Crippen LogP contribution in [0.4, 0.5) is 8.78 Å². The standard InChI is InChI=1S/C9H12F2N2O/c1-5-3-13-8(9(10)11)6(2-12)7(5)4-14/h3,9,14H,2,4,12H2,1H3. The molecule has 0 atom stereocenters. The van der Waals surface area contributed by atoms with Crippen molar-refractivity contribution in [3.8, 4) is 0 Å². The highest BCUT2D eigenvalue weighted by Crippen LogP contribution is 2.24. The lowest BCUT2D eigenvalue weighted by molar-refractivity contribution is 0.144. The van der Waals surface area contributed by atoms with Crippen LogP contribution in [0.25, 0.3) is 0 Å². The Labute approximate surface area is 80.6 Å². The zero-order chi connectivity index (χ0) is 10.7. The van der Waals surface area contributed by atoms with Crippen molar-refractivity contribution in [2.45, 2.75) is 26.5 Å². The molecule has 0 saturated carbocycles. The zero-order valence-corrected chi connectivity index (χ0v) is 7.80. The van der Waals surface area contributed by atoms with Crippen LogP contribution in [0, 0.1) is 6.92 Å². The molecule has 0 aromatic carbocycles. The molecule has 78 valence electrons. The van der Waals surface area contributed by atoms with Crippen molar-refractivity contribution < 1.29 is 13.9 Å². The molecule has 0 amide bonds. The summed E-state index contributed by atoms with van der Waals surface area (Å²) in [4.78, 5) is 3.62. The van der Waals surface area contributed by atoms with Gasteiger partial charge in [-0.15, -0.1) is 0 Å². The first kappa shape index (κ1) is 11.0. The molecule has 0 aliphatic heterocycles. The van der Waals surface area contributed by atoms with Gasteiger partial charge in [0.05, 0.1) is 6.61 Å². The van der Waals surface area contributed by atoms with Gasteiger partial charge >= 0.3 is 0 Å². The van der Waals surface area contributed by atoms with Crippen molar-refractivity contribution in [3.63, 3.8) is 0 Å². The van der Waals surface area contributed by atoms with E-state index in [9.17, 15) is 8.78 Å². The number of nitrogens with zero attached hydrogens (tertiary/aromatic N) is 1. The molecule has 1 aromatic rings. The predicted molar refractivity (Wildman–Crippen MR) is 47.7 cm³/mol. The van der Waals surface area contributed by atoms with E-state index in [2.05, 4.69) is 4.98 Å². The Hall–Kier alpha value is -1.07. The van der Waals surface area contributed by atoms with Gasteiger partial charge in [0.1, 0.15) is 5.69 Å². The van der Waals surface area contributed by atoms with Crippen LogP contribution in [-0.4, -0.2) is 10.1 Å². The van der Waals surface area contributed by atoms with Crippen LogP contribution in [0.3, 0.4) is 0 Å². The van der Waals surface area contributed by atoms with Crippen molar-refractivity contribution in [2.75, 3.05) is 0 Å². The number of rotatable bonds is 3. The Kier molecular flexibility index (Phi) is 3.49. The van der Waals surface area contributed by atoms with Gasteiger partial charge in [0.25, 0.3) is 6.43 Å². The Balaban J connectivity index is 3.33. The molecule has 0 spiro atoms. The number of nitrogens with two attached hydrogens (primary N) is 1. The van der Waals surface area contributed by atoms with E-state index in [1.807, 2.05) is 0 Å². The maximum absolute atomic E-state index is 12.5. The number of aryl methyl sites for hydroxylation is 1. The predicted octanol–water partition coefficient (Wildman–Crippen LogP) is 1.28. The molecule has 0 aliphatic rings.